The van der Waals surface area contributed by atoms with E-state index in [1.807, 2.05) is 62.5 Å². The van der Waals surface area contributed by atoms with E-state index < -0.39 is 0 Å². The molecule has 0 spiro atoms. The molecule has 29 heavy (non-hydrogen) atoms. The van der Waals surface area contributed by atoms with Gasteiger partial charge in [-0.3, -0.25) is 9.48 Å². The number of hydrogen-bond donors (Lipinski definition) is 1. The van der Waals surface area contributed by atoms with Crippen LogP contribution in [-0.2, 0) is 17.8 Å². The molecule has 1 heterocycles. The fourth-order valence-electron chi connectivity index (χ4n) is 2.89. The van der Waals surface area contributed by atoms with Crippen molar-refractivity contribution in [3.63, 3.8) is 0 Å². The van der Waals surface area contributed by atoms with Gasteiger partial charge in [0.15, 0.2) is 11.5 Å². The van der Waals surface area contributed by atoms with E-state index in [2.05, 4.69) is 26.3 Å². The summed E-state index contributed by atoms with van der Waals surface area (Å²) in [4.78, 5) is 12.4. The molecule has 0 atom stereocenters. The van der Waals surface area contributed by atoms with Gasteiger partial charge in [-0.25, -0.2) is 0 Å². The number of nitrogens with zero attached hydrogens (tertiary/aromatic N) is 2. The first-order valence-electron chi connectivity index (χ1n) is 9.52. The van der Waals surface area contributed by atoms with Gasteiger partial charge in [0.25, 0.3) is 0 Å². The van der Waals surface area contributed by atoms with E-state index in [1.54, 1.807) is 10.9 Å². The molecule has 1 amide bonds. The molecule has 3 rings (SSSR count). The number of ether oxygens (including phenoxy) is 2. The Hall–Kier alpha value is -2.80. The number of anilines is 1. The van der Waals surface area contributed by atoms with Crippen LogP contribution >= 0.6 is 15.9 Å². The van der Waals surface area contributed by atoms with Crippen molar-refractivity contribution in [1.82, 2.24) is 9.78 Å². The van der Waals surface area contributed by atoms with Crippen molar-refractivity contribution < 1.29 is 14.3 Å². The fourth-order valence-corrected chi connectivity index (χ4v) is 3.15. The predicted molar refractivity (Wildman–Crippen MR) is 117 cm³/mol. The van der Waals surface area contributed by atoms with Crippen molar-refractivity contribution in [1.29, 1.82) is 0 Å². The predicted octanol–water partition coefficient (Wildman–Crippen LogP) is 4.67. The Bertz CT molecular complexity index is 954. The Kier molecular flexibility index (Phi) is 7.30. The van der Waals surface area contributed by atoms with Gasteiger partial charge < -0.3 is 14.8 Å². The molecule has 2 aromatic carbocycles. The van der Waals surface area contributed by atoms with Crippen molar-refractivity contribution in [2.24, 2.45) is 0 Å². The molecule has 0 aliphatic heterocycles. The molecule has 0 unspecified atom stereocenters. The largest absolute Gasteiger partial charge is 0.490 e. The Morgan fingerprint density at radius 2 is 1.72 bits per heavy atom. The molecular formula is C22H24BrN3O3. The molecule has 0 radical (unpaired) electrons. The zero-order valence-corrected chi connectivity index (χ0v) is 18.1. The summed E-state index contributed by atoms with van der Waals surface area (Å²) < 4.78 is 14.0. The van der Waals surface area contributed by atoms with Crippen LogP contribution in [-0.4, -0.2) is 28.9 Å². The molecule has 1 aromatic heterocycles. The maximum Gasteiger partial charge on any atom is 0.228 e. The maximum absolute atomic E-state index is 12.4. The number of hydrogen-bond acceptors (Lipinski definition) is 4. The van der Waals surface area contributed by atoms with Crippen LogP contribution in [0.3, 0.4) is 0 Å². The van der Waals surface area contributed by atoms with E-state index >= 15 is 0 Å². The van der Waals surface area contributed by atoms with E-state index in [0.717, 1.165) is 15.6 Å². The average Bonchev–Trinajstić information content (AvgIpc) is 3.12. The van der Waals surface area contributed by atoms with Crippen molar-refractivity contribution in [2.45, 2.75) is 26.8 Å². The first kappa shape index (κ1) is 20.9. The summed E-state index contributed by atoms with van der Waals surface area (Å²) in [7, 11) is 0. The summed E-state index contributed by atoms with van der Waals surface area (Å²) in [5.74, 6) is 1.23. The Labute approximate surface area is 179 Å². The summed E-state index contributed by atoms with van der Waals surface area (Å²) in [6.07, 6.45) is 3.72. The SMILES string of the molecule is CCOc1ccc(CC(=O)Nc2cnn(Cc3ccc(Br)cc3)c2)cc1OCC. The van der Waals surface area contributed by atoms with Crippen LogP contribution in [0, 0.1) is 0 Å². The van der Waals surface area contributed by atoms with E-state index in [4.69, 9.17) is 9.47 Å². The first-order chi connectivity index (χ1) is 14.1. The second kappa shape index (κ2) is 10.1. The van der Waals surface area contributed by atoms with Gasteiger partial charge >= 0.3 is 0 Å². The Morgan fingerprint density at radius 3 is 2.45 bits per heavy atom. The zero-order valence-electron chi connectivity index (χ0n) is 16.5. The topological polar surface area (TPSA) is 65.4 Å². The summed E-state index contributed by atoms with van der Waals surface area (Å²) in [6, 6.07) is 13.6. The number of halogens is 1. The molecule has 0 fully saturated rings. The van der Waals surface area contributed by atoms with Crippen LogP contribution in [0.1, 0.15) is 25.0 Å². The lowest BCUT2D eigenvalue weighted by molar-refractivity contribution is -0.115. The minimum absolute atomic E-state index is 0.111. The molecule has 3 aromatic rings. The first-order valence-corrected chi connectivity index (χ1v) is 10.3. The third-order valence-electron chi connectivity index (χ3n) is 4.15. The van der Waals surface area contributed by atoms with Crippen LogP contribution in [0.15, 0.2) is 59.3 Å². The maximum atomic E-state index is 12.4. The molecule has 0 saturated carbocycles. The smallest absolute Gasteiger partial charge is 0.228 e. The van der Waals surface area contributed by atoms with Gasteiger partial charge in [0.2, 0.25) is 5.91 Å². The lowest BCUT2D eigenvalue weighted by Crippen LogP contribution is -2.14. The molecule has 0 aliphatic rings. The molecular weight excluding hydrogens is 434 g/mol. The highest BCUT2D eigenvalue weighted by Gasteiger charge is 2.10. The van der Waals surface area contributed by atoms with Gasteiger partial charge in [-0.05, 0) is 49.2 Å². The number of amides is 1. The summed E-state index contributed by atoms with van der Waals surface area (Å²) in [6.45, 7) is 5.58. The van der Waals surface area contributed by atoms with Gasteiger partial charge in [-0.2, -0.15) is 5.10 Å². The molecule has 1 N–H and O–H groups in total. The number of carbonyl (C=O) groups is 1. The second-order valence-electron chi connectivity index (χ2n) is 6.43. The second-order valence-corrected chi connectivity index (χ2v) is 7.34. The van der Waals surface area contributed by atoms with Crippen molar-refractivity contribution in [3.05, 3.63) is 70.5 Å². The zero-order chi connectivity index (χ0) is 20.6. The van der Waals surface area contributed by atoms with Crippen LogP contribution in [0.4, 0.5) is 5.69 Å². The minimum Gasteiger partial charge on any atom is -0.490 e. The van der Waals surface area contributed by atoms with Crippen molar-refractivity contribution >= 4 is 27.5 Å². The molecule has 0 bridgehead atoms. The van der Waals surface area contributed by atoms with Crippen LogP contribution in [0.25, 0.3) is 0 Å². The van der Waals surface area contributed by atoms with E-state index in [1.165, 1.54) is 0 Å². The fraction of sp³-hybridized carbons (Fsp3) is 0.273. The standard InChI is InChI=1S/C22H24BrN3O3/c1-3-28-20-10-7-17(11-21(20)29-4-2)12-22(27)25-19-13-24-26(15-19)14-16-5-8-18(23)9-6-16/h5-11,13,15H,3-4,12,14H2,1-2H3,(H,25,27). The number of rotatable bonds is 9. The third-order valence-corrected chi connectivity index (χ3v) is 4.68. The molecule has 0 saturated heterocycles. The monoisotopic (exact) mass is 457 g/mol. The van der Waals surface area contributed by atoms with E-state index in [9.17, 15) is 4.79 Å². The quantitative estimate of drug-likeness (QED) is 0.506. The lowest BCUT2D eigenvalue weighted by atomic mass is 10.1. The Balaban J connectivity index is 1.60. The highest BCUT2D eigenvalue weighted by Crippen LogP contribution is 2.28. The third kappa shape index (κ3) is 6.09. The summed E-state index contributed by atoms with van der Waals surface area (Å²) >= 11 is 3.43. The van der Waals surface area contributed by atoms with Gasteiger partial charge in [0.1, 0.15) is 0 Å². The van der Waals surface area contributed by atoms with Crippen LogP contribution in [0.5, 0.6) is 11.5 Å². The van der Waals surface area contributed by atoms with Gasteiger partial charge in [0.05, 0.1) is 38.1 Å². The molecule has 7 heteroatoms. The van der Waals surface area contributed by atoms with Crippen molar-refractivity contribution in [2.75, 3.05) is 18.5 Å². The van der Waals surface area contributed by atoms with Crippen molar-refractivity contribution in [3.8, 4) is 11.5 Å². The number of benzene rings is 2. The highest BCUT2D eigenvalue weighted by atomic mass is 79.9. The Morgan fingerprint density at radius 1 is 1.03 bits per heavy atom. The van der Waals surface area contributed by atoms with Crippen LogP contribution in [0.2, 0.25) is 0 Å². The molecule has 0 aliphatic carbocycles. The van der Waals surface area contributed by atoms with Crippen LogP contribution < -0.4 is 14.8 Å². The lowest BCUT2D eigenvalue weighted by Gasteiger charge is -2.12. The van der Waals surface area contributed by atoms with Gasteiger partial charge in [-0.15, -0.1) is 0 Å². The van der Waals surface area contributed by atoms with E-state index in [0.29, 0.717) is 36.9 Å². The number of aromatic nitrogens is 2. The summed E-state index contributed by atoms with van der Waals surface area (Å²) in [5, 5.41) is 7.21. The van der Waals surface area contributed by atoms with E-state index in [-0.39, 0.29) is 12.3 Å². The van der Waals surface area contributed by atoms with Gasteiger partial charge in [0, 0.05) is 10.7 Å². The number of nitrogens with one attached hydrogen (secondary N) is 1. The average molecular weight is 458 g/mol. The van der Waals surface area contributed by atoms with Gasteiger partial charge in [-0.1, -0.05) is 34.1 Å². The normalized spacial score (nSPS) is 10.6. The number of carbonyl (C=O) groups excluding carboxylic acids is 1. The molecule has 6 nitrogen and oxygen atoms in total. The highest BCUT2D eigenvalue weighted by molar-refractivity contribution is 9.10. The summed E-state index contributed by atoms with van der Waals surface area (Å²) in [5.41, 5.74) is 2.66. The molecule has 152 valence electrons. The minimum atomic E-state index is -0.111.